The van der Waals surface area contributed by atoms with E-state index in [4.69, 9.17) is 4.52 Å². The number of carbonyl (C=O) groups excluding carboxylic acids is 1. The third-order valence-corrected chi connectivity index (χ3v) is 2.59. The van der Waals surface area contributed by atoms with Gasteiger partial charge in [-0.15, -0.1) is 11.8 Å². The zero-order chi connectivity index (χ0) is 11.4. The normalized spacial score (nSPS) is 10.5. The SMILES string of the molecule is CSc1noc(C)c1C(=C=O)CN(C)C. The van der Waals surface area contributed by atoms with Crippen LogP contribution in [0.15, 0.2) is 9.55 Å². The van der Waals surface area contributed by atoms with Crippen LogP contribution in [-0.4, -0.2) is 42.9 Å². The van der Waals surface area contributed by atoms with E-state index >= 15 is 0 Å². The molecule has 0 aliphatic carbocycles. The van der Waals surface area contributed by atoms with E-state index in [1.165, 1.54) is 11.8 Å². The molecule has 1 aromatic heterocycles. The van der Waals surface area contributed by atoms with Crippen LogP contribution in [0.5, 0.6) is 0 Å². The minimum atomic E-state index is 0.541. The summed E-state index contributed by atoms with van der Waals surface area (Å²) in [5.41, 5.74) is 1.37. The summed E-state index contributed by atoms with van der Waals surface area (Å²) in [6.07, 6.45) is 1.90. The first-order chi connectivity index (χ1) is 7.10. The number of nitrogens with zero attached hydrogens (tertiary/aromatic N) is 2. The van der Waals surface area contributed by atoms with Gasteiger partial charge in [-0.1, -0.05) is 5.16 Å². The second-order valence-electron chi connectivity index (χ2n) is 3.44. The van der Waals surface area contributed by atoms with Gasteiger partial charge in [-0.2, -0.15) is 0 Å². The maximum Gasteiger partial charge on any atom is 0.148 e. The lowest BCUT2D eigenvalue weighted by Gasteiger charge is -2.09. The van der Waals surface area contributed by atoms with Gasteiger partial charge in [0.2, 0.25) is 0 Å². The van der Waals surface area contributed by atoms with Crippen molar-refractivity contribution in [3.05, 3.63) is 11.3 Å². The highest BCUT2D eigenvalue weighted by Gasteiger charge is 2.17. The topological polar surface area (TPSA) is 46.3 Å². The Labute approximate surface area is 93.3 Å². The molecule has 15 heavy (non-hydrogen) atoms. The Balaban J connectivity index is 3.12. The molecule has 0 aliphatic rings. The van der Waals surface area contributed by atoms with Crippen LogP contribution in [0.1, 0.15) is 11.3 Å². The van der Waals surface area contributed by atoms with E-state index in [0.29, 0.717) is 17.9 Å². The Morgan fingerprint density at radius 1 is 1.60 bits per heavy atom. The van der Waals surface area contributed by atoms with Crippen molar-refractivity contribution < 1.29 is 9.32 Å². The van der Waals surface area contributed by atoms with Gasteiger partial charge < -0.3 is 9.42 Å². The van der Waals surface area contributed by atoms with Gasteiger partial charge in [0, 0.05) is 6.54 Å². The molecular weight excluding hydrogens is 212 g/mol. The quantitative estimate of drug-likeness (QED) is 0.575. The first kappa shape index (κ1) is 12.0. The fourth-order valence-corrected chi connectivity index (χ4v) is 1.89. The van der Waals surface area contributed by atoms with Gasteiger partial charge in [0.1, 0.15) is 16.7 Å². The summed E-state index contributed by atoms with van der Waals surface area (Å²) in [6.45, 7) is 2.34. The highest BCUT2D eigenvalue weighted by Crippen LogP contribution is 2.27. The van der Waals surface area contributed by atoms with E-state index in [2.05, 4.69) is 5.16 Å². The van der Waals surface area contributed by atoms with Crippen molar-refractivity contribution in [3.8, 4) is 0 Å². The monoisotopic (exact) mass is 226 g/mol. The summed E-state index contributed by atoms with van der Waals surface area (Å²) in [7, 11) is 3.80. The van der Waals surface area contributed by atoms with Gasteiger partial charge in [-0.25, -0.2) is 4.79 Å². The first-order valence-electron chi connectivity index (χ1n) is 4.49. The fourth-order valence-electron chi connectivity index (χ4n) is 1.31. The van der Waals surface area contributed by atoms with Gasteiger partial charge in [0.05, 0.1) is 11.1 Å². The summed E-state index contributed by atoms with van der Waals surface area (Å²) in [5.74, 6) is 2.63. The van der Waals surface area contributed by atoms with Gasteiger partial charge in [0.15, 0.2) is 0 Å². The molecule has 0 bridgehead atoms. The largest absolute Gasteiger partial charge is 0.360 e. The molecular formula is C10H14N2O2S. The van der Waals surface area contributed by atoms with Crippen molar-refractivity contribution in [1.82, 2.24) is 10.1 Å². The van der Waals surface area contributed by atoms with Crippen LogP contribution >= 0.6 is 11.8 Å². The molecule has 5 heteroatoms. The van der Waals surface area contributed by atoms with Gasteiger partial charge in [-0.05, 0) is 27.3 Å². The van der Waals surface area contributed by atoms with Crippen molar-refractivity contribution >= 4 is 23.3 Å². The average Bonchev–Trinajstić information content (AvgIpc) is 2.56. The van der Waals surface area contributed by atoms with E-state index in [0.717, 1.165) is 10.6 Å². The average molecular weight is 226 g/mol. The van der Waals surface area contributed by atoms with E-state index in [-0.39, 0.29) is 0 Å². The summed E-state index contributed by atoms with van der Waals surface area (Å²) >= 11 is 1.46. The van der Waals surface area contributed by atoms with Crippen molar-refractivity contribution in [3.63, 3.8) is 0 Å². The molecule has 0 radical (unpaired) electrons. The van der Waals surface area contributed by atoms with Crippen LogP contribution in [0.3, 0.4) is 0 Å². The molecule has 1 heterocycles. The predicted molar refractivity (Wildman–Crippen MR) is 60.7 cm³/mol. The summed E-state index contributed by atoms with van der Waals surface area (Å²) in [5, 5.41) is 4.62. The highest BCUT2D eigenvalue weighted by molar-refractivity contribution is 7.98. The van der Waals surface area contributed by atoms with Gasteiger partial charge >= 0.3 is 0 Å². The Morgan fingerprint density at radius 3 is 2.73 bits per heavy atom. The smallest absolute Gasteiger partial charge is 0.148 e. The van der Waals surface area contributed by atoms with Crippen LogP contribution in [0.4, 0.5) is 0 Å². The third kappa shape index (κ3) is 2.72. The molecule has 0 unspecified atom stereocenters. The third-order valence-electron chi connectivity index (χ3n) is 1.92. The Bertz CT molecular complexity index is 392. The zero-order valence-electron chi connectivity index (χ0n) is 9.33. The first-order valence-corrected chi connectivity index (χ1v) is 5.72. The van der Waals surface area contributed by atoms with Crippen molar-refractivity contribution in [2.24, 2.45) is 0 Å². The van der Waals surface area contributed by atoms with E-state index < -0.39 is 0 Å². The van der Waals surface area contributed by atoms with Crippen molar-refractivity contribution in [1.29, 1.82) is 0 Å². The van der Waals surface area contributed by atoms with Crippen LogP contribution in [0, 0.1) is 6.92 Å². The van der Waals surface area contributed by atoms with Gasteiger partial charge in [0.25, 0.3) is 0 Å². The Hall–Kier alpha value is -1.03. The lowest BCUT2D eigenvalue weighted by Crippen LogP contribution is -2.15. The summed E-state index contributed by atoms with van der Waals surface area (Å²) in [4.78, 5) is 12.8. The van der Waals surface area contributed by atoms with Crippen LogP contribution in [-0.2, 0) is 4.79 Å². The lowest BCUT2D eigenvalue weighted by atomic mass is 10.1. The molecule has 0 atom stereocenters. The number of hydrogen-bond acceptors (Lipinski definition) is 5. The summed E-state index contributed by atoms with van der Waals surface area (Å²) in [6, 6.07) is 0. The second kappa shape index (κ2) is 5.16. The minimum absolute atomic E-state index is 0.541. The maximum absolute atomic E-state index is 10.9. The molecule has 4 nitrogen and oxygen atoms in total. The zero-order valence-corrected chi connectivity index (χ0v) is 10.1. The number of hydrogen-bond donors (Lipinski definition) is 0. The molecule has 0 aliphatic heterocycles. The molecule has 0 saturated carbocycles. The molecule has 0 saturated heterocycles. The Morgan fingerprint density at radius 2 is 2.27 bits per heavy atom. The molecule has 0 N–H and O–H groups in total. The number of aryl methyl sites for hydroxylation is 1. The molecule has 1 rings (SSSR count). The van der Waals surface area contributed by atoms with E-state index in [1.54, 1.807) is 6.92 Å². The molecule has 1 aromatic rings. The maximum atomic E-state index is 10.9. The number of likely N-dealkylation sites (N-methyl/N-ethyl adjacent to an activating group) is 1. The lowest BCUT2D eigenvalue weighted by molar-refractivity contribution is 0.383. The standard InChI is InChI=1S/C10H14N2O2S/c1-7-9(10(15-4)11-14-7)8(6-13)5-12(2)3/h5H2,1-4H3. The second-order valence-corrected chi connectivity index (χ2v) is 4.24. The predicted octanol–water partition coefficient (Wildman–Crippen LogP) is 1.48. The summed E-state index contributed by atoms with van der Waals surface area (Å²) < 4.78 is 5.06. The fraction of sp³-hybridized carbons (Fsp3) is 0.500. The molecule has 0 aromatic carbocycles. The molecule has 0 spiro atoms. The van der Waals surface area contributed by atoms with Crippen LogP contribution in [0.2, 0.25) is 0 Å². The van der Waals surface area contributed by atoms with Crippen molar-refractivity contribution in [2.45, 2.75) is 11.9 Å². The Kier molecular flexibility index (Phi) is 4.15. The van der Waals surface area contributed by atoms with Crippen LogP contribution in [0.25, 0.3) is 5.57 Å². The van der Waals surface area contributed by atoms with E-state index in [9.17, 15) is 4.79 Å². The van der Waals surface area contributed by atoms with E-state index in [1.807, 2.05) is 31.2 Å². The van der Waals surface area contributed by atoms with Gasteiger partial charge in [-0.3, -0.25) is 0 Å². The minimum Gasteiger partial charge on any atom is -0.360 e. The highest BCUT2D eigenvalue weighted by atomic mass is 32.2. The molecule has 82 valence electrons. The number of rotatable bonds is 4. The van der Waals surface area contributed by atoms with Crippen LogP contribution < -0.4 is 0 Å². The molecule has 0 fully saturated rings. The number of aromatic nitrogens is 1. The van der Waals surface area contributed by atoms with Crippen molar-refractivity contribution in [2.75, 3.05) is 26.9 Å². The number of thioether (sulfide) groups is 1. The molecule has 0 amide bonds.